The predicted molar refractivity (Wildman–Crippen MR) is 70.7 cm³/mol. The molecule has 8 nitrogen and oxygen atoms in total. The van der Waals surface area contributed by atoms with Gasteiger partial charge in [-0.25, -0.2) is 9.59 Å². The van der Waals surface area contributed by atoms with Crippen LogP contribution in [0.4, 0.5) is 4.79 Å². The van der Waals surface area contributed by atoms with Crippen molar-refractivity contribution in [2.75, 3.05) is 40.0 Å². The first-order valence-electron chi connectivity index (χ1n) is 6.98. The standard InChI is InChI=1S/C13H20N2O6/c1-20-12(18)10-8-21-6-5-15(10)13(19)14-4-2-3-9(7-14)11(16)17/h9-10H,2-8H2,1H3,(H,16,17)/t9-,10?/m1/s1. The molecular formula is C13H20N2O6. The van der Waals surface area contributed by atoms with Gasteiger partial charge in [0.15, 0.2) is 6.04 Å². The zero-order valence-corrected chi connectivity index (χ0v) is 12.0. The van der Waals surface area contributed by atoms with E-state index in [0.29, 0.717) is 32.5 Å². The van der Waals surface area contributed by atoms with Crippen molar-refractivity contribution in [2.45, 2.75) is 18.9 Å². The zero-order valence-electron chi connectivity index (χ0n) is 12.0. The van der Waals surface area contributed by atoms with Crippen molar-refractivity contribution in [3.8, 4) is 0 Å². The third-order valence-corrected chi connectivity index (χ3v) is 3.89. The largest absolute Gasteiger partial charge is 0.481 e. The van der Waals surface area contributed by atoms with Crippen molar-refractivity contribution in [1.29, 1.82) is 0 Å². The molecule has 1 N–H and O–H groups in total. The second kappa shape index (κ2) is 6.75. The van der Waals surface area contributed by atoms with Crippen LogP contribution in [-0.4, -0.2) is 78.9 Å². The number of hydrogen-bond donors (Lipinski definition) is 1. The van der Waals surface area contributed by atoms with E-state index in [1.807, 2.05) is 0 Å². The van der Waals surface area contributed by atoms with Crippen molar-refractivity contribution in [3.05, 3.63) is 0 Å². The molecule has 21 heavy (non-hydrogen) atoms. The van der Waals surface area contributed by atoms with Gasteiger partial charge >= 0.3 is 18.0 Å². The number of carbonyl (C=O) groups excluding carboxylic acids is 2. The normalized spacial score (nSPS) is 26.3. The molecule has 0 radical (unpaired) electrons. The van der Waals surface area contributed by atoms with Gasteiger partial charge in [-0.1, -0.05) is 0 Å². The molecule has 2 amide bonds. The number of piperidine rings is 1. The van der Waals surface area contributed by atoms with Crippen LogP contribution in [0, 0.1) is 5.92 Å². The molecular weight excluding hydrogens is 280 g/mol. The Labute approximate surface area is 122 Å². The molecule has 0 saturated carbocycles. The Bertz CT molecular complexity index is 427. The van der Waals surface area contributed by atoms with E-state index in [1.165, 1.54) is 16.9 Å². The van der Waals surface area contributed by atoms with Gasteiger partial charge in [-0.3, -0.25) is 4.79 Å². The molecule has 2 aliphatic rings. The quantitative estimate of drug-likeness (QED) is 0.708. The summed E-state index contributed by atoms with van der Waals surface area (Å²) in [6.45, 7) is 1.45. The number of rotatable bonds is 2. The molecule has 0 aromatic heterocycles. The fourth-order valence-electron chi connectivity index (χ4n) is 2.70. The second-order valence-corrected chi connectivity index (χ2v) is 5.21. The average Bonchev–Trinajstić information content (AvgIpc) is 2.53. The molecule has 0 aliphatic carbocycles. The summed E-state index contributed by atoms with van der Waals surface area (Å²) in [5, 5.41) is 9.08. The Morgan fingerprint density at radius 1 is 1.29 bits per heavy atom. The van der Waals surface area contributed by atoms with E-state index in [2.05, 4.69) is 0 Å². The minimum absolute atomic E-state index is 0.106. The molecule has 2 atom stereocenters. The molecule has 0 bridgehead atoms. The van der Waals surface area contributed by atoms with Crippen LogP contribution in [0.15, 0.2) is 0 Å². The number of nitrogens with zero attached hydrogens (tertiary/aromatic N) is 2. The minimum Gasteiger partial charge on any atom is -0.481 e. The highest BCUT2D eigenvalue weighted by atomic mass is 16.5. The van der Waals surface area contributed by atoms with Crippen molar-refractivity contribution in [3.63, 3.8) is 0 Å². The van der Waals surface area contributed by atoms with Crippen molar-refractivity contribution < 1.29 is 29.0 Å². The number of hydrogen-bond acceptors (Lipinski definition) is 5. The second-order valence-electron chi connectivity index (χ2n) is 5.21. The molecule has 0 spiro atoms. The number of morpholine rings is 1. The van der Waals surface area contributed by atoms with Gasteiger partial charge in [0.2, 0.25) is 0 Å². The smallest absolute Gasteiger partial charge is 0.331 e. The Morgan fingerprint density at radius 2 is 2.05 bits per heavy atom. The van der Waals surface area contributed by atoms with Gasteiger partial charge < -0.3 is 24.4 Å². The van der Waals surface area contributed by atoms with Crippen LogP contribution < -0.4 is 0 Å². The van der Waals surface area contributed by atoms with Crippen LogP contribution >= 0.6 is 0 Å². The monoisotopic (exact) mass is 300 g/mol. The van der Waals surface area contributed by atoms with Crippen molar-refractivity contribution >= 4 is 18.0 Å². The number of carboxylic acids is 1. The summed E-state index contributed by atoms with van der Waals surface area (Å²) in [5.41, 5.74) is 0. The highest BCUT2D eigenvalue weighted by molar-refractivity contribution is 5.84. The SMILES string of the molecule is COC(=O)C1COCCN1C(=O)N1CCC[C@@H](C(=O)O)C1. The topological polar surface area (TPSA) is 96.4 Å². The molecule has 2 fully saturated rings. The summed E-state index contributed by atoms with van der Waals surface area (Å²) < 4.78 is 9.92. The van der Waals surface area contributed by atoms with Crippen LogP contribution in [0.2, 0.25) is 0 Å². The lowest BCUT2D eigenvalue weighted by Gasteiger charge is -2.39. The van der Waals surface area contributed by atoms with E-state index in [1.54, 1.807) is 0 Å². The third kappa shape index (κ3) is 3.44. The number of aliphatic carboxylic acids is 1. The maximum absolute atomic E-state index is 12.5. The van der Waals surface area contributed by atoms with Crippen LogP contribution in [0.5, 0.6) is 0 Å². The zero-order chi connectivity index (χ0) is 15.4. The number of urea groups is 1. The van der Waals surface area contributed by atoms with E-state index in [9.17, 15) is 14.4 Å². The molecule has 0 aromatic rings. The lowest BCUT2D eigenvalue weighted by Crippen LogP contribution is -2.58. The fraction of sp³-hybridized carbons (Fsp3) is 0.769. The van der Waals surface area contributed by atoms with E-state index < -0.39 is 23.9 Å². The number of carboxylic acid groups (broad SMARTS) is 1. The number of likely N-dealkylation sites (tertiary alicyclic amines) is 1. The van der Waals surface area contributed by atoms with Crippen molar-refractivity contribution in [1.82, 2.24) is 9.80 Å². The lowest BCUT2D eigenvalue weighted by molar-refractivity contribution is -0.152. The number of methoxy groups -OCH3 is 1. The van der Waals surface area contributed by atoms with E-state index in [-0.39, 0.29) is 19.2 Å². The van der Waals surface area contributed by atoms with Gasteiger partial charge in [-0.15, -0.1) is 0 Å². The number of ether oxygens (including phenoxy) is 2. The van der Waals surface area contributed by atoms with Crippen LogP contribution in [-0.2, 0) is 19.1 Å². The number of carbonyl (C=O) groups is 3. The first kappa shape index (κ1) is 15.6. The fourth-order valence-corrected chi connectivity index (χ4v) is 2.70. The highest BCUT2D eigenvalue weighted by Crippen LogP contribution is 2.20. The summed E-state index contributed by atoms with van der Waals surface area (Å²) in [4.78, 5) is 38.3. The summed E-state index contributed by atoms with van der Waals surface area (Å²) in [6.07, 6.45) is 1.22. The summed E-state index contributed by atoms with van der Waals surface area (Å²) in [7, 11) is 1.26. The predicted octanol–water partition coefficient (Wildman–Crippen LogP) is -0.223. The molecule has 118 valence electrons. The Hall–Kier alpha value is -1.83. The molecule has 2 rings (SSSR count). The minimum atomic E-state index is -0.890. The van der Waals surface area contributed by atoms with E-state index >= 15 is 0 Å². The van der Waals surface area contributed by atoms with Gasteiger partial charge in [0.05, 0.1) is 26.2 Å². The molecule has 8 heteroatoms. The summed E-state index contributed by atoms with van der Waals surface area (Å²) in [6, 6.07) is -1.08. The Morgan fingerprint density at radius 3 is 2.71 bits per heavy atom. The Balaban J connectivity index is 2.06. The van der Waals surface area contributed by atoms with Gasteiger partial charge in [0.1, 0.15) is 0 Å². The maximum atomic E-state index is 12.5. The highest BCUT2D eigenvalue weighted by Gasteiger charge is 2.38. The van der Waals surface area contributed by atoms with Crippen LogP contribution in [0.1, 0.15) is 12.8 Å². The molecule has 2 heterocycles. The third-order valence-electron chi connectivity index (χ3n) is 3.89. The number of amides is 2. The molecule has 2 aliphatic heterocycles. The van der Waals surface area contributed by atoms with Crippen LogP contribution in [0.3, 0.4) is 0 Å². The summed E-state index contributed by atoms with van der Waals surface area (Å²) >= 11 is 0. The number of esters is 1. The lowest BCUT2D eigenvalue weighted by atomic mass is 9.98. The molecule has 0 aromatic carbocycles. The summed E-state index contributed by atoms with van der Waals surface area (Å²) in [5.74, 6) is -1.95. The average molecular weight is 300 g/mol. The van der Waals surface area contributed by atoms with Crippen molar-refractivity contribution in [2.24, 2.45) is 5.92 Å². The van der Waals surface area contributed by atoms with E-state index in [4.69, 9.17) is 14.6 Å². The first-order chi connectivity index (χ1) is 10.0. The molecule has 1 unspecified atom stereocenters. The van der Waals surface area contributed by atoms with Gasteiger partial charge in [0.25, 0.3) is 0 Å². The van der Waals surface area contributed by atoms with Crippen LogP contribution in [0.25, 0.3) is 0 Å². The molecule has 2 saturated heterocycles. The van der Waals surface area contributed by atoms with Gasteiger partial charge in [0, 0.05) is 19.6 Å². The Kier molecular flexibility index (Phi) is 5.00. The maximum Gasteiger partial charge on any atom is 0.331 e. The van der Waals surface area contributed by atoms with Gasteiger partial charge in [-0.2, -0.15) is 0 Å². The van der Waals surface area contributed by atoms with E-state index in [0.717, 1.165) is 0 Å². The van der Waals surface area contributed by atoms with Gasteiger partial charge in [-0.05, 0) is 12.8 Å². The first-order valence-corrected chi connectivity index (χ1v) is 6.98.